The number of piperazine rings is 1. The SMILES string of the molecule is CN1CCN(CCOc2ccc(C#CCCN(O)C(N)=O)cc2C#N)CC1. The summed E-state index contributed by atoms with van der Waals surface area (Å²) in [5.74, 6) is 6.27. The van der Waals surface area contributed by atoms with Crippen molar-refractivity contribution >= 4 is 6.03 Å². The normalized spacial score (nSPS) is 14.7. The maximum absolute atomic E-state index is 10.7. The van der Waals surface area contributed by atoms with Crippen molar-refractivity contribution < 1.29 is 14.7 Å². The summed E-state index contributed by atoms with van der Waals surface area (Å²) in [6.07, 6.45) is 0.268. The van der Waals surface area contributed by atoms with E-state index in [4.69, 9.17) is 15.7 Å². The molecule has 27 heavy (non-hydrogen) atoms. The number of hydrogen-bond donors (Lipinski definition) is 2. The molecular formula is C19H25N5O3. The predicted octanol–water partition coefficient (Wildman–Crippen LogP) is 0.696. The summed E-state index contributed by atoms with van der Waals surface area (Å²) in [7, 11) is 2.12. The lowest BCUT2D eigenvalue weighted by atomic mass is 10.1. The first-order valence-corrected chi connectivity index (χ1v) is 8.82. The van der Waals surface area contributed by atoms with Crippen LogP contribution in [0.5, 0.6) is 5.75 Å². The molecule has 1 fully saturated rings. The monoisotopic (exact) mass is 371 g/mol. The van der Waals surface area contributed by atoms with E-state index in [1.165, 1.54) is 0 Å². The third-order valence-corrected chi connectivity index (χ3v) is 4.30. The highest BCUT2D eigenvalue weighted by Gasteiger charge is 2.13. The van der Waals surface area contributed by atoms with E-state index in [0.717, 1.165) is 32.7 Å². The van der Waals surface area contributed by atoms with Gasteiger partial charge in [0.15, 0.2) is 0 Å². The van der Waals surface area contributed by atoms with Gasteiger partial charge >= 0.3 is 6.03 Å². The number of urea groups is 1. The summed E-state index contributed by atoms with van der Waals surface area (Å²) in [5.41, 5.74) is 6.01. The first-order valence-electron chi connectivity index (χ1n) is 8.82. The molecule has 1 heterocycles. The second-order valence-electron chi connectivity index (χ2n) is 6.33. The third kappa shape index (κ3) is 6.80. The molecule has 2 rings (SSSR count). The van der Waals surface area contributed by atoms with E-state index >= 15 is 0 Å². The van der Waals surface area contributed by atoms with Gasteiger partial charge in [0.1, 0.15) is 18.4 Å². The molecule has 3 N–H and O–H groups in total. The Kier molecular flexibility index (Phi) is 7.90. The molecule has 0 saturated carbocycles. The van der Waals surface area contributed by atoms with Gasteiger partial charge in [-0.2, -0.15) is 5.26 Å². The predicted molar refractivity (Wildman–Crippen MR) is 100 cm³/mol. The summed E-state index contributed by atoms with van der Waals surface area (Å²) in [6.45, 7) is 5.57. The minimum atomic E-state index is -0.915. The van der Waals surface area contributed by atoms with Crippen LogP contribution in [-0.2, 0) is 0 Å². The lowest BCUT2D eigenvalue weighted by Gasteiger charge is -2.32. The number of benzene rings is 1. The number of hydrogen-bond acceptors (Lipinski definition) is 6. The smallest absolute Gasteiger partial charge is 0.338 e. The zero-order chi connectivity index (χ0) is 19.6. The highest BCUT2D eigenvalue weighted by atomic mass is 16.5. The first kappa shape index (κ1) is 20.5. The fourth-order valence-electron chi connectivity index (χ4n) is 2.61. The number of nitrogens with zero attached hydrogens (tertiary/aromatic N) is 4. The molecule has 1 aliphatic rings. The number of carbonyl (C=O) groups excluding carboxylic acids is 1. The zero-order valence-corrected chi connectivity index (χ0v) is 15.5. The number of nitrogens with two attached hydrogens (primary N) is 1. The minimum Gasteiger partial charge on any atom is -0.491 e. The van der Waals surface area contributed by atoms with Crippen molar-refractivity contribution in [3.63, 3.8) is 0 Å². The molecule has 0 radical (unpaired) electrons. The van der Waals surface area contributed by atoms with Gasteiger partial charge in [0.05, 0.1) is 12.1 Å². The van der Waals surface area contributed by atoms with Crippen LogP contribution in [0.4, 0.5) is 4.79 Å². The average Bonchev–Trinajstić information content (AvgIpc) is 2.67. The average molecular weight is 371 g/mol. The Hall–Kier alpha value is -2.78. The van der Waals surface area contributed by atoms with Crippen LogP contribution in [0.3, 0.4) is 0 Å². The molecule has 2 amide bonds. The van der Waals surface area contributed by atoms with Crippen molar-refractivity contribution in [2.75, 3.05) is 52.9 Å². The molecule has 1 aliphatic heterocycles. The van der Waals surface area contributed by atoms with E-state index in [1.807, 2.05) is 0 Å². The number of carbonyl (C=O) groups is 1. The molecule has 0 unspecified atom stereocenters. The summed E-state index contributed by atoms with van der Waals surface area (Å²) >= 11 is 0. The Morgan fingerprint density at radius 3 is 2.78 bits per heavy atom. The lowest BCUT2D eigenvalue weighted by molar-refractivity contribution is -0.0372. The molecule has 1 aromatic carbocycles. The maximum atomic E-state index is 10.7. The second-order valence-corrected chi connectivity index (χ2v) is 6.33. The Labute approximate surface area is 159 Å². The number of amides is 2. The molecule has 144 valence electrons. The molecule has 0 bridgehead atoms. The quantitative estimate of drug-likeness (QED) is 0.433. The topological polar surface area (TPSA) is 106 Å². The Morgan fingerprint density at radius 2 is 2.11 bits per heavy atom. The fourth-order valence-corrected chi connectivity index (χ4v) is 2.61. The summed E-state index contributed by atoms with van der Waals surface area (Å²) in [5, 5.41) is 18.9. The lowest BCUT2D eigenvalue weighted by Crippen LogP contribution is -2.45. The number of nitriles is 1. The highest BCUT2D eigenvalue weighted by molar-refractivity contribution is 5.70. The van der Waals surface area contributed by atoms with Crippen LogP contribution in [0.1, 0.15) is 17.5 Å². The molecule has 1 saturated heterocycles. The van der Waals surface area contributed by atoms with Crippen molar-refractivity contribution in [3.05, 3.63) is 29.3 Å². The van der Waals surface area contributed by atoms with Crippen LogP contribution in [0.15, 0.2) is 18.2 Å². The second kappa shape index (κ2) is 10.4. The van der Waals surface area contributed by atoms with Gasteiger partial charge in [0.25, 0.3) is 0 Å². The van der Waals surface area contributed by atoms with Crippen molar-refractivity contribution in [1.82, 2.24) is 14.9 Å². The first-order chi connectivity index (χ1) is 13.0. The number of likely N-dealkylation sites (N-methyl/N-ethyl adjacent to an activating group) is 1. The van der Waals surface area contributed by atoms with Crippen LogP contribution in [0.2, 0.25) is 0 Å². The van der Waals surface area contributed by atoms with E-state index in [0.29, 0.717) is 28.5 Å². The number of rotatable bonds is 6. The zero-order valence-electron chi connectivity index (χ0n) is 15.5. The number of ether oxygens (including phenoxy) is 1. The highest BCUT2D eigenvalue weighted by Crippen LogP contribution is 2.19. The van der Waals surface area contributed by atoms with Crippen molar-refractivity contribution in [3.8, 4) is 23.7 Å². The van der Waals surface area contributed by atoms with Gasteiger partial charge in [-0.25, -0.2) is 9.86 Å². The van der Waals surface area contributed by atoms with Crippen LogP contribution < -0.4 is 10.5 Å². The molecule has 0 aromatic heterocycles. The van der Waals surface area contributed by atoms with Crippen LogP contribution in [-0.4, -0.2) is 79.0 Å². The van der Waals surface area contributed by atoms with Crippen molar-refractivity contribution in [2.45, 2.75) is 6.42 Å². The third-order valence-electron chi connectivity index (χ3n) is 4.30. The molecular weight excluding hydrogens is 346 g/mol. The van der Waals surface area contributed by atoms with Gasteiger partial charge in [-0.15, -0.1) is 0 Å². The van der Waals surface area contributed by atoms with Gasteiger partial charge in [-0.05, 0) is 25.2 Å². The van der Waals surface area contributed by atoms with E-state index in [9.17, 15) is 10.1 Å². The molecule has 8 heteroatoms. The van der Waals surface area contributed by atoms with E-state index < -0.39 is 6.03 Å². The Morgan fingerprint density at radius 1 is 1.37 bits per heavy atom. The van der Waals surface area contributed by atoms with Crippen LogP contribution in [0, 0.1) is 23.2 Å². The maximum Gasteiger partial charge on any atom is 0.338 e. The molecule has 0 aliphatic carbocycles. The van der Waals surface area contributed by atoms with Crippen molar-refractivity contribution in [2.24, 2.45) is 5.73 Å². The Bertz CT molecular complexity index is 742. The van der Waals surface area contributed by atoms with Crippen LogP contribution in [0.25, 0.3) is 0 Å². The van der Waals surface area contributed by atoms with Crippen molar-refractivity contribution in [1.29, 1.82) is 5.26 Å². The minimum absolute atomic E-state index is 0.0287. The standard InChI is InChI=1S/C19H25N5O3/c1-22-8-10-23(11-9-22)12-13-27-18-6-5-16(14-17(18)15-20)4-2-3-7-24(26)19(21)25/h5-6,14,26H,3,7-13H2,1H3,(H2,21,25). The fraction of sp³-hybridized carbons (Fsp3) is 0.474. The van der Waals surface area contributed by atoms with E-state index in [1.54, 1.807) is 18.2 Å². The van der Waals surface area contributed by atoms with Gasteiger partial charge in [0.2, 0.25) is 0 Å². The Balaban J connectivity index is 1.85. The molecule has 1 aromatic rings. The molecule has 0 spiro atoms. The summed E-state index contributed by atoms with van der Waals surface area (Å²) in [4.78, 5) is 15.3. The van der Waals surface area contributed by atoms with E-state index in [2.05, 4.69) is 34.8 Å². The number of primary amides is 1. The molecule has 8 nitrogen and oxygen atoms in total. The number of hydroxylamine groups is 2. The van der Waals surface area contributed by atoms with E-state index in [-0.39, 0.29) is 13.0 Å². The summed E-state index contributed by atoms with van der Waals surface area (Å²) < 4.78 is 5.78. The summed E-state index contributed by atoms with van der Waals surface area (Å²) in [6, 6.07) is 6.41. The van der Waals surface area contributed by atoms with Crippen LogP contribution >= 0.6 is 0 Å². The van der Waals surface area contributed by atoms with Gasteiger partial charge in [0, 0.05) is 44.7 Å². The van der Waals surface area contributed by atoms with Gasteiger partial charge in [-0.1, -0.05) is 11.8 Å². The largest absolute Gasteiger partial charge is 0.491 e. The van der Waals surface area contributed by atoms with Gasteiger partial charge < -0.3 is 15.4 Å². The molecule has 0 atom stereocenters. The van der Waals surface area contributed by atoms with Gasteiger partial charge in [-0.3, -0.25) is 10.1 Å².